The number of nitrogens with zero attached hydrogens (tertiary/aromatic N) is 23. The van der Waals surface area contributed by atoms with Crippen LogP contribution in [0, 0.1) is 0 Å². The molecule has 37 nitrogen and oxygen atoms in total. The van der Waals surface area contributed by atoms with Crippen molar-refractivity contribution in [2.24, 2.45) is 7.05 Å². The standard InChI is InChI=1S/C17H33N6.C15H25N6O.C15H29N6.C14H23N6.C14H22N5O2.C12H24N5/c1-3-12-23(2)13-10-21(11-14-23)9-7-19-17-16(18)15-6-4-5-8-22(15)20-17;16-14-13-4-1-2-7-21(13)18-15(14)17-5-3-6-19-8-9-20(12-19)10-11-22;1-21(2)11-9-19(10-12-21)8-6-17-15-14(16)13-5-3-4-7-20(13)18-15;1-18-9-10-19(11-18)7-4-6-16-14-13(15)12-5-2-3-8-20(12)17-14;15-13-12-3-1-2-4-19(12)16-14(13)21-10-8-18-6-5-17(11-18)7-9-20;1-17(2,3)9-7-14-12-11(13)10-6-4-5-8-16(10)15-12/h3-14,18H2,1-2H3,(H,19,20);8-9,12,22H,1-7,10-11,16H2,(H,17,18);3-12,16H2,1-2H3,(H,17,18);9-11H,2-8,15H2,1H3,(H,16,17);5-6,11,20H,1-4,7-10,15H2;4-9,13H2,1-3H3,(H,14,15)/q6*+1. The van der Waals surface area contributed by atoms with Crippen molar-refractivity contribution in [2.45, 2.75) is 214 Å². The van der Waals surface area contributed by atoms with Gasteiger partial charge >= 0.3 is 0 Å². The Morgan fingerprint density at radius 2 is 0.782 bits per heavy atom. The Morgan fingerprint density at radius 1 is 0.411 bits per heavy atom. The van der Waals surface area contributed by atoms with Gasteiger partial charge in [-0.25, -0.2) is 27.4 Å². The third kappa shape index (κ3) is 26.6. The van der Waals surface area contributed by atoms with Gasteiger partial charge in [-0.1, -0.05) is 6.92 Å². The first kappa shape index (κ1) is 93.4. The minimum absolute atomic E-state index is 0.141. The van der Waals surface area contributed by atoms with E-state index in [0.29, 0.717) is 31.3 Å². The molecule has 686 valence electrons. The average Bonchev–Trinajstić information content (AvgIpc) is 1.57. The quantitative estimate of drug-likeness (QED) is 0.0160. The van der Waals surface area contributed by atoms with Gasteiger partial charge in [0.15, 0.2) is 29.1 Å². The lowest BCUT2D eigenvalue weighted by atomic mass is 10.1. The first-order valence-corrected chi connectivity index (χ1v) is 46.6. The molecule has 9 aromatic heterocycles. The minimum atomic E-state index is 0.141. The summed E-state index contributed by atoms with van der Waals surface area (Å²) >= 11 is 0. The van der Waals surface area contributed by atoms with Crippen LogP contribution >= 0.6 is 0 Å². The number of imidazole rings is 3. The highest BCUT2D eigenvalue weighted by atomic mass is 16.5. The second-order valence-electron chi connectivity index (χ2n) is 36.9. The molecule has 0 aromatic carbocycles. The fraction of sp³-hybridized carbons (Fsp3) is 0.690. The lowest BCUT2D eigenvalue weighted by Crippen LogP contribution is -2.57. The van der Waals surface area contributed by atoms with E-state index in [9.17, 15) is 0 Å². The monoisotopic (exact) mass is 1730 g/mol. The summed E-state index contributed by atoms with van der Waals surface area (Å²) in [5.74, 6) is 4.91. The Bertz CT molecular complexity index is 4690. The molecule has 8 aliphatic heterocycles. The fourth-order valence-electron chi connectivity index (χ4n) is 17.7. The van der Waals surface area contributed by atoms with Crippen LogP contribution in [-0.2, 0) is 118 Å². The van der Waals surface area contributed by atoms with Gasteiger partial charge in [0.25, 0.3) is 5.88 Å². The molecule has 2 fully saturated rings. The van der Waals surface area contributed by atoms with Crippen LogP contribution in [-0.4, -0.2) is 279 Å². The van der Waals surface area contributed by atoms with Crippen LogP contribution in [0.1, 0.15) is 137 Å². The van der Waals surface area contributed by atoms with E-state index >= 15 is 0 Å². The molecule has 17 rings (SSSR count). The number of piperazine rings is 2. The van der Waals surface area contributed by atoms with Gasteiger partial charge in [-0.3, -0.25) is 37.9 Å². The first-order valence-electron chi connectivity index (χ1n) is 46.6. The molecule has 0 bridgehead atoms. The van der Waals surface area contributed by atoms with E-state index in [1.54, 1.807) is 0 Å². The van der Waals surface area contributed by atoms with E-state index < -0.39 is 0 Å². The van der Waals surface area contributed by atoms with Crippen molar-refractivity contribution in [3.8, 4) is 5.88 Å². The second kappa shape index (κ2) is 45.4. The molecule has 8 aliphatic rings. The number of nitrogens with two attached hydrogens (primary N) is 6. The minimum Gasteiger partial charge on any atom is -0.471 e. The number of anilines is 11. The van der Waals surface area contributed by atoms with Crippen molar-refractivity contribution in [3.05, 3.63) is 90.3 Å². The molecule has 2 saturated heterocycles. The van der Waals surface area contributed by atoms with Gasteiger partial charge < -0.3 is 89.4 Å². The molecule has 124 heavy (non-hydrogen) atoms. The van der Waals surface area contributed by atoms with Gasteiger partial charge in [0, 0.05) is 118 Å². The number of ether oxygens (including phenoxy) is 1. The zero-order valence-corrected chi connectivity index (χ0v) is 76.5. The summed E-state index contributed by atoms with van der Waals surface area (Å²) in [7, 11) is 15.6. The van der Waals surface area contributed by atoms with Crippen molar-refractivity contribution in [1.29, 1.82) is 0 Å². The molecule has 17 heterocycles. The van der Waals surface area contributed by atoms with Crippen LogP contribution in [0.5, 0.6) is 5.88 Å². The maximum Gasteiger partial charge on any atom is 0.256 e. The molecule has 9 aromatic rings. The van der Waals surface area contributed by atoms with Crippen LogP contribution in [0.15, 0.2) is 56.2 Å². The summed E-state index contributed by atoms with van der Waals surface area (Å²) in [5.41, 5.74) is 49.1. The number of fused-ring (bicyclic) bond motifs is 6. The lowest BCUT2D eigenvalue weighted by Gasteiger charge is -2.42. The van der Waals surface area contributed by atoms with Gasteiger partial charge in [-0.15, -0.1) is 5.10 Å². The van der Waals surface area contributed by atoms with Crippen LogP contribution in [0.4, 0.5) is 63.2 Å². The molecule has 0 atom stereocenters. The zero-order valence-electron chi connectivity index (χ0n) is 76.5. The van der Waals surface area contributed by atoms with E-state index in [1.165, 1.54) is 169 Å². The number of likely N-dealkylation sites (N-methyl/N-ethyl adjacent to an activating group) is 3. The van der Waals surface area contributed by atoms with Crippen LogP contribution in [0.3, 0.4) is 0 Å². The van der Waals surface area contributed by atoms with Crippen LogP contribution in [0.25, 0.3) is 0 Å². The topological polar surface area (TPSA) is 406 Å². The number of nitrogen functional groups attached to an aromatic ring is 6. The number of rotatable bonds is 32. The maximum absolute atomic E-state index is 8.90. The third-order valence-corrected chi connectivity index (χ3v) is 25.4. The van der Waals surface area contributed by atoms with Gasteiger partial charge in [0.1, 0.15) is 69.1 Å². The molecule has 0 amide bonds. The number of aromatic nitrogens is 18. The Morgan fingerprint density at radius 3 is 1.17 bits per heavy atom. The molecular formula is C87H156N34O3+6. The summed E-state index contributed by atoms with van der Waals surface area (Å²) in [6.45, 7) is 31.8. The van der Waals surface area contributed by atoms with Crippen LogP contribution in [0.2, 0.25) is 0 Å². The van der Waals surface area contributed by atoms with Gasteiger partial charge in [-0.05, 0) is 122 Å². The van der Waals surface area contributed by atoms with Crippen molar-refractivity contribution >= 4 is 63.2 Å². The number of aliphatic hydroxyl groups is 2. The molecule has 37 heteroatoms. The second-order valence-corrected chi connectivity index (χ2v) is 36.9. The summed E-state index contributed by atoms with van der Waals surface area (Å²) in [6.07, 6.45) is 42.2. The van der Waals surface area contributed by atoms with Gasteiger partial charge in [-0.2, -0.15) is 25.5 Å². The van der Waals surface area contributed by atoms with E-state index in [4.69, 9.17) is 49.4 Å². The van der Waals surface area contributed by atoms with Crippen LogP contribution < -0.4 is 79.4 Å². The Kier molecular flexibility index (Phi) is 34.2. The summed E-state index contributed by atoms with van der Waals surface area (Å²) in [4.78, 5) is 5.09. The largest absolute Gasteiger partial charge is 0.471 e. The molecule has 0 aliphatic carbocycles. The lowest BCUT2D eigenvalue weighted by molar-refractivity contribution is -0.913. The summed E-state index contributed by atoms with van der Waals surface area (Å²) < 4.78 is 33.7. The predicted molar refractivity (Wildman–Crippen MR) is 492 cm³/mol. The fourth-order valence-corrected chi connectivity index (χ4v) is 17.7. The van der Waals surface area contributed by atoms with E-state index in [2.05, 4.69) is 167 Å². The summed E-state index contributed by atoms with van der Waals surface area (Å²) in [6, 6.07) is 0. The zero-order chi connectivity index (χ0) is 87.6. The van der Waals surface area contributed by atoms with E-state index in [-0.39, 0.29) is 13.2 Å². The molecular weight excluding hydrogens is 1570 g/mol. The van der Waals surface area contributed by atoms with Crippen molar-refractivity contribution in [1.82, 2.24) is 82.2 Å². The predicted octanol–water partition coefficient (Wildman–Crippen LogP) is 4.19. The van der Waals surface area contributed by atoms with E-state index in [1.807, 2.05) is 67.6 Å². The third-order valence-electron chi connectivity index (χ3n) is 25.4. The number of hydrogen-bond acceptors (Lipinski definition) is 22. The maximum atomic E-state index is 8.90. The Hall–Kier alpha value is -9.79. The normalized spacial score (nSPS) is 17.0. The average molecular weight is 1730 g/mol. The highest BCUT2D eigenvalue weighted by Crippen LogP contribution is 2.33. The van der Waals surface area contributed by atoms with Crippen molar-refractivity contribution in [2.75, 3.05) is 234 Å². The molecule has 0 radical (unpaired) electrons. The number of nitrogens with one attached hydrogen (secondary N) is 5. The highest BCUT2D eigenvalue weighted by Gasteiger charge is 2.30. The summed E-state index contributed by atoms with van der Waals surface area (Å²) in [5, 5.41) is 62.1. The number of aryl methyl sites for hydroxylation is 9. The molecule has 0 unspecified atom stereocenters. The van der Waals surface area contributed by atoms with E-state index in [0.717, 1.165) is 241 Å². The smallest absolute Gasteiger partial charge is 0.256 e. The first-order chi connectivity index (χ1) is 59.9. The highest BCUT2D eigenvalue weighted by molar-refractivity contribution is 5.68. The van der Waals surface area contributed by atoms with Gasteiger partial charge in [0.05, 0.1) is 184 Å². The molecule has 0 saturated carbocycles. The SMILES string of the molecule is CCC[N+]1(C)CCN(CCNc2nn3c(c2N)CCCC3)CC1.C[N+](C)(C)CCNc1nn2c(c1N)CCCC2.C[N+]1(C)CCN(CCNc2nn3c(c2N)CCCC3)CC1.C[n+]1ccn(CCCNc2nn3c(c2N)CCCC3)c1.Nc1c(NCCC[n+]2ccn(CCO)c2)nn2c1CCCC2.Nc1c(OCCn2cc[n+](CCO)c2)nn2c1CCCC2. The molecule has 19 N–H and O–H groups in total. The van der Waals surface area contributed by atoms with Crippen molar-refractivity contribution < 1.29 is 42.1 Å². The van der Waals surface area contributed by atoms with Crippen molar-refractivity contribution in [3.63, 3.8) is 0 Å². The number of hydrogen-bond donors (Lipinski definition) is 13. The Labute approximate surface area is 735 Å². The number of aliphatic hydroxyl groups excluding tert-OH is 2. The van der Waals surface area contributed by atoms with Gasteiger partial charge in [0.2, 0.25) is 19.0 Å². The Balaban J connectivity index is 0.000000136. The number of quaternary nitrogens is 3. The molecule has 0 spiro atoms.